The van der Waals surface area contributed by atoms with Crippen LogP contribution in [-0.4, -0.2) is 24.4 Å². The van der Waals surface area contributed by atoms with E-state index in [0.717, 1.165) is 19.4 Å². The van der Waals surface area contributed by atoms with Crippen LogP contribution < -0.4 is 0 Å². The number of hydrogen-bond donors (Lipinski definition) is 1. The van der Waals surface area contributed by atoms with Crippen LogP contribution in [0.5, 0.6) is 0 Å². The molecule has 82 valence electrons. The normalized spacial score (nSPS) is 19.6. The number of aliphatic hydroxyl groups is 1. The van der Waals surface area contributed by atoms with Crippen LogP contribution in [0, 0.1) is 0 Å². The fourth-order valence-corrected chi connectivity index (χ4v) is 0.788. The predicted octanol–water partition coefficient (Wildman–Crippen LogP) is 2.99. The molecule has 0 aromatic rings. The molecule has 0 radical (unpaired) electrons. The highest BCUT2D eigenvalue weighted by atomic mass is 16.5. The largest absolute Gasteiger partial charge is 0.394 e. The maximum Gasteiger partial charge on any atom is 0.0806 e. The first kappa shape index (κ1) is 15.4. The van der Waals surface area contributed by atoms with E-state index in [4.69, 9.17) is 9.84 Å². The molecule has 1 aliphatic heterocycles. The van der Waals surface area contributed by atoms with Crippen molar-refractivity contribution in [3.63, 3.8) is 0 Å². The molecule has 0 saturated carbocycles. The molecule has 1 aliphatic rings. The summed E-state index contributed by atoms with van der Waals surface area (Å²) in [7, 11) is 0. The fourth-order valence-electron chi connectivity index (χ4n) is 0.788. The minimum atomic E-state index is 0.153. The molecule has 0 aromatic carbocycles. The molecular formula is C11H26O2. The summed E-state index contributed by atoms with van der Waals surface area (Å²) in [5.74, 6) is 0. The van der Waals surface area contributed by atoms with Crippen molar-refractivity contribution >= 4 is 0 Å². The Morgan fingerprint density at radius 2 is 1.77 bits per heavy atom. The third kappa shape index (κ3) is 11.9. The zero-order chi connectivity index (χ0) is 10.5. The number of rotatable bonds is 2. The van der Waals surface area contributed by atoms with Gasteiger partial charge in [0.15, 0.2) is 0 Å². The fraction of sp³-hybridized carbons (Fsp3) is 1.00. The van der Waals surface area contributed by atoms with Gasteiger partial charge in [-0.25, -0.2) is 0 Å². The van der Waals surface area contributed by atoms with Crippen molar-refractivity contribution in [1.29, 1.82) is 0 Å². The standard InChI is InChI=1S/C5H10O2.C4H10.C2H6/c6-4-5-2-1-3-7-5;1-3-4-2;1-2/h5-6H,1-4H2;3-4H2,1-2H3;1-2H3. The molecule has 2 heteroatoms. The van der Waals surface area contributed by atoms with Crippen molar-refractivity contribution < 1.29 is 9.84 Å². The Bertz CT molecular complexity index is 66.5. The van der Waals surface area contributed by atoms with E-state index < -0.39 is 0 Å². The smallest absolute Gasteiger partial charge is 0.0806 e. The van der Waals surface area contributed by atoms with Crippen molar-refractivity contribution in [1.82, 2.24) is 0 Å². The SMILES string of the molecule is CC.CCCC.OCC1CCCO1. The Morgan fingerprint density at radius 1 is 1.23 bits per heavy atom. The molecule has 13 heavy (non-hydrogen) atoms. The lowest BCUT2D eigenvalue weighted by Gasteiger charge is -2.00. The topological polar surface area (TPSA) is 29.5 Å². The average molecular weight is 190 g/mol. The van der Waals surface area contributed by atoms with Gasteiger partial charge in [-0.15, -0.1) is 0 Å². The molecule has 0 spiro atoms. The summed E-state index contributed by atoms with van der Waals surface area (Å²) in [4.78, 5) is 0. The van der Waals surface area contributed by atoms with E-state index in [2.05, 4.69) is 13.8 Å². The van der Waals surface area contributed by atoms with Crippen LogP contribution in [0.3, 0.4) is 0 Å². The first-order valence-corrected chi connectivity index (χ1v) is 5.57. The zero-order valence-corrected chi connectivity index (χ0v) is 9.68. The molecule has 1 N–H and O–H groups in total. The summed E-state index contributed by atoms with van der Waals surface area (Å²) in [6.07, 6.45) is 4.95. The van der Waals surface area contributed by atoms with Crippen LogP contribution in [0.15, 0.2) is 0 Å². The minimum absolute atomic E-state index is 0.153. The molecule has 0 aliphatic carbocycles. The van der Waals surface area contributed by atoms with E-state index in [1.165, 1.54) is 12.8 Å². The summed E-state index contributed by atoms with van der Waals surface area (Å²) in [5, 5.41) is 8.44. The summed E-state index contributed by atoms with van der Waals surface area (Å²) < 4.78 is 5.05. The van der Waals surface area contributed by atoms with Crippen LogP contribution in [0.1, 0.15) is 53.4 Å². The van der Waals surface area contributed by atoms with E-state index in [0.29, 0.717) is 0 Å². The predicted molar refractivity (Wildman–Crippen MR) is 58.0 cm³/mol. The Hall–Kier alpha value is -0.0800. The lowest BCUT2D eigenvalue weighted by atomic mass is 10.2. The summed E-state index contributed by atoms with van der Waals surface area (Å²) >= 11 is 0. The Balaban J connectivity index is 0. The van der Waals surface area contributed by atoms with E-state index in [-0.39, 0.29) is 12.7 Å². The lowest BCUT2D eigenvalue weighted by Crippen LogP contribution is -2.09. The maximum atomic E-state index is 8.44. The van der Waals surface area contributed by atoms with Crippen LogP contribution in [0.2, 0.25) is 0 Å². The highest BCUT2D eigenvalue weighted by molar-refractivity contribution is 4.61. The highest BCUT2D eigenvalue weighted by Crippen LogP contribution is 2.09. The van der Waals surface area contributed by atoms with Crippen molar-refractivity contribution in [2.24, 2.45) is 0 Å². The van der Waals surface area contributed by atoms with Gasteiger partial charge >= 0.3 is 0 Å². The number of aliphatic hydroxyl groups excluding tert-OH is 1. The van der Waals surface area contributed by atoms with Gasteiger partial charge in [-0.05, 0) is 12.8 Å². The first-order chi connectivity index (χ1) is 6.35. The van der Waals surface area contributed by atoms with Gasteiger partial charge in [0, 0.05) is 6.61 Å². The number of hydrogen-bond acceptors (Lipinski definition) is 2. The molecule has 1 fully saturated rings. The van der Waals surface area contributed by atoms with Crippen LogP contribution in [-0.2, 0) is 4.74 Å². The third-order valence-electron chi connectivity index (χ3n) is 1.73. The third-order valence-corrected chi connectivity index (χ3v) is 1.73. The lowest BCUT2D eigenvalue weighted by molar-refractivity contribution is 0.0591. The van der Waals surface area contributed by atoms with Gasteiger partial charge in [-0.3, -0.25) is 0 Å². The van der Waals surface area contributed by atoms with Crippen LogP contribution in [0.4, 0.5) is 0 Å². The van der Waals surface area contributed by atoms with Gasteiger partial charge in [0.05, 0.1) is 12.7 Å². The van der Waals surface area contributed by atoms with Crippen molar-refractivity contribution in [2.75, 3.05) is 13.2 Å². The maximum absolute atomic E-state index is 8.44. The monoisotopic (exact) mass is 190 g/mol. The summed E-state index contributed by atoms with van der Waals surface area (Å²) in [6, 6.07) is 0. The first-order valence-electron chi connectivity index (χ1n) is 5.57. The van der Waals surface area contributed by atoms with E-state index in [1.54, 1.807) is 0 Å². The van der Waals surface area contributed by atoms with Gasteiger partial charge in [0.1, 0.15) is 0 Å². The average Bonchev–Trinajstić information content (AvgIpc) is 2.74. The molecule has 1 atom stereocenters. The molecule has 1 unspecified atom stereocenters. The van der Waals surface area contributed by atoms with Gasteiger partial charge in [0.25, 0.3) is 0 Å². The number of ether oxygens (including phenoxy) is 1. The molecule has 0 bridgehead atoms. The van der Waals surface area contributed by atoms with Gasteiger partial charge < -0.3 is 9.84 Å². The second kappa shape index (κ2) is 14.4. The van der Waals surface area contributed by atoms with Crippen molar-refractivity contribution in [3.05, 3.63) is 0 Å². The zero-order valence-electron chi connectivity index (χ0n) is 9.68. The second-order valence-electron chi connectivity index (χ2n) is 2.82. The van der Waals surface area contributed by atoms with E-state index >= 15 is 0 Å². The van der Waals surface area contributed by atoms with E-state index in [9.17, 15) is 0 Å². The molecule has 1 heterocycles. The number of unbranched alkanes of at least 4 members (excludes halogenated alkanes) is 1. The summed E-state index contributed by atoms with van der Waals surface area (Å²) in [6.45, 7) is 9.39. The van der Waals surface area contributed by atoms with Crippen LogP contribution in [0.25, 0.3) is 0 Å². The van der Waals surface area contributed by atoms with Crippen molar-refractivity contribution in [3.8, 4) is 0 Å². The Labute approximate surface area is 83.3 Å². The van der Waals surface area contributed by atoms with Crippen molar-refractivity contribution in [2.45, 2.75) is 59.5 Å². The van der Waals surface area contributed by atoms with E-state index in [1.807, 2.05) is 13.8 Å². The highest BCUT2D eigenvalue weighted by Gasteiger charge is 2.12. The molecule has 2 nitrogen and oxygen atoms in total. The second-order valence-corrected chi connectivity index (χ2v) is 2.82. The Morgan fingerprint density at radius 3 is 1.92 bits per heavy atom. The molecule has 1 saturated heterocycles. The Kier molecular flexibility index (Phi) is 17.1. The quantitative estimate of drug-likeness (QED) is 0.725. The minimum Gasteiger partial charge on any atom is -0.394 e. The van der Waals surface area contributed by atoms with Gasteiger partial charge in [-0.1, -0.05) is 40.5 Å². The van der Waals surface area contributed by atoms with Gasteiger partial charge in [0.2, 0.25) is 0 Å². The van der Waals surface area contributed by atoms with Crippen LogP contribution >= 0.6 is 0 Å². The molecule has 0 aromatic heterocycles. The molecule has 0 amide bonds. The molecular weight excluding hydrogens is 164 g/mol. The van der Waals surface area contributed by atoms with Gasteiger partial charge in [-0.2, -0.15) is 0 Å². The molecule has 1 rings (SSSR count). The summed E-state index contributed by atoms with van der Waals surface area (Å²) in [5.41, 5.74) is 0.